The minimum atomic E-state index is -5.79. The van der Waals surface area contributed by atoms with E-state index in [0.717, 1.165) is 7.05 Å². The Bertz CT molecular complexity index is 362. The van der Waals surface area contributed by atoms with E-state index < -0.39 is 36.3 Å². The van der Waals surface area contributed by atoms with Gasteiger partial charge in [0.25, 0.3) is 0 Å². The summed E-state index contributed by atoms with van der Waals surface area (Å²) in [7, 11) is 0.916. The monoisotopic (exact) mass is 305 g/mol. The summed E-state index contributed by atoms with van der Waals surface area (Å²) >= 11 is 0. The van der Waals surface area contributed by atoms with E-state index in [4.69, 9.17) is 4.74 Å². The number of amides is 1. The normalized spacial score (nSPS) is 14.7. The molecule has 0 aromatic rings. The molecule has 0 aromatic carbocycles. The zero-order chi connectivity index (χ0) is 16.4. The van der Waals surface area contributed by atoms with Gasteiger partial charge in [0.05, 0.1) is 6.04 Å². The molecule has 0 aliphatic heterocycles. The first kappa shape index (κ1) is 18.6. The van der Waals surface area contributed by atoms with Gasteiger partial charge in [-0.05, 0) is 20.8 Å². The molecule has 0 radical (unpaired) electrons. The molecule has 0 aliphatic carbocycles. The van der Waals surface area contributed by atoms with Crippen LogP contribution in [0.5, 0.6) is 0 Å². The van der Waals surface area contributed by atoms with Gasteiger partial charge >= 0.3 is 18.2 Å². The van der Waals surface area contributed by atoms with Crippen molar-refractivity contribution in [3.8, 4) is 0 Å². The van der Waals surface area contributed by atoms with E-state index in [1.54, 1.807) is 0 Å². The Labute approximate surface area is 112 Å². The quantitative estimate of drug-likeness (QED) is 0.592. The van der Waals surface area contributed by atoms with E-state index in [1.807, 2.05) is 0 Å². The van der Waals surface area contributed by atoms with E-state index in [1.165, 1.54) is 20.8 Å². The molecular formula is C11H16F5NO3. The average Bonchev–Trinajstić information content (AvgIpc) is 2.20. The summed E-state index contributed by atoms with van der Waals surface area (Å²) in [4.78, 5) is 22.6. The number of alkyl halides is 5. The van der Waals surface area contributed by atoms with Crippen LogP contribution in [0.25, 0.3) is 0 Å². The Kier molecular flexibility index (Phi) is 5.51. The number of hydrogen-bond acceptors (Lipinski definition) is 3. The van der Waals surface area contributed by atoms with Crippen molar-refractivity contribution in [2.24, 2.45) is 0 Å². The smallest absolute Gasteiger partial charge is 0.444 e. The number of ether oxygens (including phenoxy) is 1. The summed E-state index contributed by atoms with van der Waals surface area (Å²) < 4.78 is 66.7. The van der Waals surface area contributed by atoms with Crippen molar-refractivity contribution in [1.29, 1.82) is 0 Å². The van der Waals surface area contributed by atoms with E-state index in [0.29, 0.717) is 4.90 Å². The molecule has 1 amide bonds. The van der Waals surface area contributed by atoms with Gasteiger partial charge in [-0.15, -0.1) is 0 Å². The first-order valence-electron chi connectivity index (χ1n) is 5.57. The maximum atomic E-state index is 12.9. The zero-order valence-electron chi connectivity index (χ0n) is 11.4. The molecule has 0 bridgehead atoms. The third kappa shape index (κ3) is 5.30. The lowest BCUT2D eigenvalue weighted by Gasteiger charge is -2.30. The van der Waals surface area contributed by atoms with Gasteiger partial charge in [0.1, 0.15) is 11.9 Å². The van der Waals surface area contributed by atoms with Crippen molar-refractivity contribution < 1.29 is 36.3 Å². The molecule has 20 heavy (non-hydrogen) atoms. The standard InChI is InChI=1S/C11H16F5NO3/c1-9(2,3)20-8(19)17(4)7(6-18)5-10(12,13)11(14,15)16/h6-7H,5H2,1-4H3. The summed E-state index contributed by atoms with van der Waals surface area (Å²) in [6, 6.07) is -1.94. The topological polar surface area (TPSA) is 46.6 Å². The molecule has 1 unspecified atom stereocenters. The fraction of sp³-hybridized carbons (Fsp3) is 0.818. The van der Waals surface area contributed by atoms with E-state index in [2.05, 4.69) is 0 Å². The number of rotatable bonds is 4. The molecule has 0 saturated heterocycles. The highest BCUT2D eigenvalue weighted by atomic mass is 19.4. The van der Waals surface area contributed by atoms with Crippen molar-refractivity contribution >= 4 is 12.4 Å². The molecule has 0 saturated carbocycles. The summed E-state index contributed by atoms with van der Waals surface area (Å²) in [5.74, 6) is -5.07. The molecule has 0 aromatic heterocycles. The van der Waals surface area contributed by atoms with Gasteiger partial charge in [0.15, 0.2) is 0 Å². The minimum Gasteiger partial charge on any atom is -0.444 e. The van der Waals surface area contributed by atoms with Crippen LogP contribution in [0.15, 0.2) is 0 Å². The lowest BCUT2D eigenvalue weighted by Crippen LogP contribution is -2.47. The van der Waals surface area contributed by atoms with Crippen LogP contribution in [0.2, 0.25) is 0 Å². The van der Waals surface area contributed by atoms with Crippen LogP contribution in [0.1, 0.15) is 27.2 Å². The molecule has 9 heteroatoms. The van der Waals surface area contributed by atoms with Crippen LogP contribution in [0.3, 0.4) is 0 Å². The van der Waals surface area contributed by atoms with E-state index >= 15 is 0 Å². The molecule has 4 nitrogen and oxygen atoms in total. The molecule has 1 atom stereocenters. The number of likely N-dealkylation sites (N-methyl/N-ethyl adjacent to an activating group) is 1. The lowest BCUT2D eigenvalue weighted by molar-refractivity contribution is -0.286. The fourth-order valence-corrected chi connectivity index (χ4v) is 1.12. The number of carbonyl (C=O) groups is 2. The predicted octanol–water partition coefficient (Wildman–Crippen LogP) is 3.01. The Balaban J connectivity index is 4.94. The minimum absolute atomic E-state index is 0.149. The molecule has 0 spiro atoms. The zero-order valence-corrected chi connectivity index (χ0v) is 11.4. The van der Waals surface area contributed by atoms with Crippen molar-refractivity contribution in [2.75, 3.05) is 7.05 Å². The molecule has 118 valence electrons. The van der Waals surface area contributed by atoms with Crippen LogP contribution >= 0.6 is 0 Å². The first-order valence-corrected chi connectivity index (χ1v) is 5.57. The molecule has 0 N–H and O–H groups in total. The average molecular weight is 305 g/mol. The fourth-order valence-electron chi connectivity index (χ4n) is 1.12. The third-order valence-corrected chi connectivity index (χ3v) is 2.22. The van der Waals surface area contributed by atoms with Crippen LogP contribution in [-0.2, 0) is 9.53 Å². The second kappa shape index (κ2) is 5.92. The highest BCUT2D eigenvalue weighted by molar-refractivity contribution is 5.73. The van der Waals surface area contributed by atoms with Crippen molar-refractivity contribution in [3.63, 3.8) is 0 Å². The molecule has 0 fully saturated rings. The summed E-state index contributed by atoms with van der Waals surface area (Å²) in [6.07, 6.45) is -8.95. The van der Waals surface area contributed by atoms with Gasteiger partial charge in [-0.1, -0.05) is 0 Å². The highest BCUT2D eigenvalue weighted by Crippen LogP contribution is 2.39. The number of carbonyl (C=O) groups excluding carboxylic acids is 2. The van der Waals surface area contributed by atoms with Crippen molar-refractivity contribution in [3.05, 3.63) is 0 Å². The second-order valence-electron chi connectivity index (χ2n) is 5.20. The van der Waals surface area contributed by atoms with E-state index in [-0.39, 0.29) is 6.29 Å². The number of halogens is 5. The van der Waals surface area contributed by atoms with Gasteiger partial charge < -0.3 is 14.4 Å². The number of aldehydes is 1. The Morgan fingerprint density at radius 3 is 1.95 bits per heavy atom. The molecule has 0 aliphatic rings. The molecule has 0 rings (SSSR count). The SMILES string of the molecule is CN(C(=O)OC(C)(C)C)C(C=O)CC(F)(F)C(F)(F)F. The number of hydrogen-bond donors (Lipinski definition) is 0. The Morgan fingerprint density at radius 1 is 1.20 bits per heavy atom. The van der Waals surface area contributed by atoms with Crippen molar-refractivity contribution in [2.45, 2.75) is 50.9 Å². The van der Waals surface area contributed by atoms with Gasteiger partial charge in [-0.25, -0.2) is 4.79 Å². The Hall–Kier alpha value is -1.41. The number of nitrogens with zero attached hydrogens (tertiary/aromatic N) is 1. The molecular weight excluding hydrogens is 289 g/mol. The largest absolute Gasteiger partial charge is 0.453 e. The summed E-state index contributed by atoms with van der Waals surface area (Å²) in [6.45, 7) is 4.46. The highest BCUT2D eigenvalue weighted by Gasteiger charge is 2.58. The third-order valence-electron chi connectivity index (χ3n) is 2.22. The maximum absolute atomic E-state index is 12.9. The van der Waals surface area contributed by atoms with Crippen LogP contribution in [0.4, 0.5) is 26.7 Å². The molecule has 0 heterocycles. The first-order chi connectivity index (χ1) is 8.71. The van der Waals surface area contributed by atoms with Gasteiger partial charge in [-0.3, -0.25) is 0 Å². The summed E-state index contributed by atoms with van der Waals surface area (Å²) in [5.41, 5.74) is -0.967. The maximum Gasteiger partial charge on any atom is 0.453 e. The second-order valence-corrected chi connectivity index (χ2v) is 5.20. The van der Waals surface area contributed by atoms with Crippen LogP contribution < -0.4 is 0 Å². The summed E-state index contributed by atoms with van der Waals surface area (Å²) in [5, 5.41) is 0. The van der Waals surface area contributed by atoms with Gasteiger partial charge in [-0.2, -0.15) is 22.0 Å². The predicted molar refractivity (Wildman–Crippen MR) is 59.5 cm³/mol. The lowest BCUT2D eigenvalue weighted by atomic mass is 10.1. The van der Waals surface area contributed by atoms with Crippen molar-refractivity contribution in [1.82, 2.24) is 4.90 Å². The van der Waals surface area contributed by atoms with Gasteiger partial charge in [0.2, 0.25) is 0 Å². The van der Waals surface area contributed by atoms with E-state index in [9.17, 15) is 31.5 Å². The Morgan fingerprint density at radius 2 is 1.65 bits per heavy atom. The van der Waals surface area contributed by atoms with Crippen LogP contribution in [0, 0.1) is 0 Å². The van der Waals surface area contributed by atoms with Crippen LogP contribution in [-0.4, -0.2) is 48.1 Å². The van der Waals surface area contributed by atoms with Gasteiger partial charge in [0, 0.05) is 13.5 Å².